The first-order valence-corrected chi connectivity index (χ1v) is 14.0. The summed E-state index contributed by atoms with van der Waals surface area (Å²) < 4.78 is 0. The van der Waals surface area contributed by atoms with Crippen LogP contribution in [0, 0.1) is 0 Å². The van der Waals surface area contributed by atoms with Gasteiger partial charge in [0.1, 0.15) is 0 Å². The highest BCUT2D eigenvalue weighted by atomic mass is 15.2. The molecule has 7 aromatic carbocycles. The van der Waals surface area contributed by atoms with Gasteiger partial charge < -0.3 is 4.90 Å². The van der Waals surface area contributed by atoms with E-state index in [1.54, 1.807) is 0 Å². The zero-order chi connectivity index (χ0) is 25.8. The van der Waals surface area contributed by atoms with Crippen LogP contribution < -0.4 is 4.90 Å². The van der Waals surface area contributed by atoms with Gasteiger partial charge in [-0.25, -0.2) is 0 Å². The summed E-state index contributed by atoms with van der Waals surface area (Å²) in [5.74, 6) is 0.308. The maximum Gasteiger partial charge on any atom is 0.0491 e. The van der Waals surface area contributed by atoms with Crippen LogP contribution in [-0.2, 0) is 12.8 Å². The molecule has 186 valence electrons. The molecule has 1 heteroatoms. The van der Waals surface area contributed by atoms with Crippen LogP contribution in [0.3, 0.4) is 0 Å². The molecular formula is C38H29N. The van der Waals surface area contributed by atoms with E-state index in [1.807, 2.05) is 0 Å². The first-order valence-electron chi connectivity index (χ1n) is 14.0. The van der Waals surface area contributed by atoms with Crippen molar-refractivity contribution in [3.8, 4) is 0 Å². The minimum absolute atomic E-state index is 0.308. The van der Waals surface area contributed by atoms with E-state index in [0.29, 0.717) is 5.92 Å². The third-order valence-electron chi connectivity index (χ3n) is 8.74. The highest BCUT2D eigenvalue weighted by Gasteiger charge is 2.23. The number of hydrogen-bond donors (Lipinski definition) is 0. The molecule has 1 nitrogen and oxygen atoms in total. The first kappa shape index (κ1) is 22.4. The molecule has 0 saturated heterocycles. The molecule has 0 N–H and O–H groups in total. The standard InChI is InChI=1S/C38H29N/c1-3-9-26(10-4-1)34(27-11-5-2-6-12-27)25-31-16-15-29-18-21-33-36(39-24-23-28-13-7-8-14-35(28)39)22-19-30-17-20-32(31)37(29)38(30)33/h1-22,34H,23-25H2. The van der Waals surface area contributed by atoms with Gasteiger partial charge in [-0.2, -0.15) is 0 Å². The first-order chi connectivity index (χ1) is 19.3. The van der Waals surface area contributed by atoms with Crippen LogP contribution in [0.4, 0.5) is 11.4 Å². The summed E-state index contributed by atoms with van der Waals surface area (Å²) in [5, 5.41) is 8.16. The number of fused-ring (bicyclic) bond motifs is 1. The Kier molecular flexibility index (Phi) is 5.16. The van der Waals surface area contributed by atoms with Crippen molar-refractivity contribution < 1.29 is 0 Å². The lowest BCUT2D eigenvalue weighted by atomic mass is 9.83. The van der Waals surface area contributed by atoms with Gasteiger partial charge >= 0.3 is 0 Å². The molecule has 1 aliphatic heterocycles. The van der Waals surface area contributed by atoms with Crippen LogP contribution in [0.25, 0.3) is 32.3 Å². The Morgan fingerprint density at radius 3 is 1.85 bits per heavy atom. The zero-order valence-electron chi connectivity index (χ0n) is 21.8. The van der Waals surface area contributed by atoms with Crippen molar-refractivity contribution in [2.75, 3.05) is 11.4 Å². The van der Waals surface area contributed by atoms with Gasteiger partial charge in [-0.1, -0.05) is 121 Å². The molecule has 0 aliphatic carbocycles. The quantitative estimate of drug-likeness (QED) is 0.213. The predicted molar refractivity (Wildman–Crippen MR) is 166 cm³/mol. The van der Waals surface area contributed by atoms with Crippen molar-refractivity contribution in [2.45, 2.75) is 18.8 Å². The summed E-state index contributed by atoms with van der Waals surface area (Å²) >= 11 is 0. The zero-order valence-corrected chi connectivity index (χ0v) is 21.8. The van der Waals surface area contributed by atoms with Crippen molar-refractivity contribution in [3.05, 3.63) is 156 Å². The van der Waals surface area contributed by atoms with Crippen molar-refractivity contribution in [1.82, 2.24) is 0 Å². The number of rotatable bonds is 5. The van der Waals surface area contributed by atoms with Crippen LogP contribution in [0.1, 0.15) is 28.2 Å². The largest absolute Gasteiger partial charge is 0.340 e. The van der Waals surface area contributed by atoms with Gasteiger partial charge in [-0.3, -0.25) is 0 Å². The van der Waals surface area contributed by atoms with Crippen LogP contribution in [0.15, 0.2) is 133 Å². The van der Waals surface area contributed by atoms with Gasteiger partial charge in [-0.05, 0) is 74.2 Å². The maximum absolute atomic E-state index is 2.52. The Morgan fingerprint density at radius 2 is 1.10 bits per heavy atom. The molecule has 0 radical (unpaired) electrons. The summed E-state index contributed by atoms with van der Waals surface area (Å²) in [6.07, 6.45) is 2.07. The average Bonchev–Trinajstić information content (AvgIpc) is 3.44. The Balaban J connectivity index is 1.31. The maximum atomic E-state index is 2.52. The molecule has 0 unspecified atom stereocenters. The van der Waals surface area contributed by atoms with Crippen molar-refractivity contribution in [1.29, 1.82) is 0 Å². The van der Waals surface area contributed by atoms with E-state index in [2.05, 4.69) is 138 Å². The number of anilines is 2. The van der Waals surface area contributed by atoms with E-state index >= 15 is 0 Å². The highest BCUT2D eigenvalue weighted by Crippen LogP contribution is 2.44. The van der Waals surface area contributed by atoms with Gasteiger partial charge in [0.05, 0.1) is 0 Å². The highest BCUT2D eigenvalue weighted by molar-refractivity contribution is 6.26. The molecular weight excluding hydrogens is 470 g/mol. The molecule has 1 aliphatic rings. The fourth-order valence-corrected chi connectivity index (χ4v) is 6.87. The molecule has 8 rings (SSSR count). The molecule has 39 heavy (non-hydrogen) atoms. The van der Waals surface area contributed by atoms with Crippen molar-refractivity contribution in [2.24, 2.45) is 0 Å². The van der Waals surface area contributed by atoms with Gasteiger partial charge in [0.2, 0.25) is 0 Å². The Bertz CT molecular complexity index is 1900. The molecule has 0 amide bonds. The van der Waals surface area contributed by atoms with Crippen molar-refractivity contribution in [3.63, 3.8) is 0 Å². The van der Waals surface area contributed by atoms with Gasteiger partial charge in [0.25, 0.3) is 0 Å². The van der Waals surface area contributed by atoms with E-state index in [9.17, 15) is 0 Å². The lowest BCUT2D eigenvalue weighted by molar-refractivity contribution is 0.810. The third-order valence-corrected chi connectivity index (χ3v) is 8.74. The average molecular weight is 500 g/mol. The molecule has 7 aromatic rings. The molecule has 0 saturated carbocycles. The monoisotopic (exact) mass is 499 g/mol. The number of para-hydroxylation sites is 1. The van der Waals surface area contributed by atoms with E-state index in [4.69, 9.17) is 0 Å². The summed E-state index contributed by atoms with van der Waals surface area (Å²) in [6, 6.07) is 49.5. The normalized spacial score (nSPS) is 13.2. The van der Waals surface area contributed by atoms with Gasteiger partial charge in [-0.15, -0.1) is 0 Å². The number of hydrogen-bond acceptors (Lipinski definition) is 1. The van der Waals surface area contributed by atoms with Crippen molar-refractivity contribution >= 4 is 43.7 Å². The molecule has 0 fully saturated rings. The fourth-order valence-electron chi connectivity index (χ4n) is 6.87. The minimum Gasteiger partial charge on any atom is -0.340 e. The van der Waals surface area contributed by atoms with E-state index in [0.717, 1.165) is 19.4 Å². The van der Waals surface area contributed by atoms with Crippen LogP contribution in [-0.4, -0.2) is 6.54 Å². The van der Waals surface area contributed by atoms with E-state index in [1.165, 1.54) is 65.9 Å². The second-order valence-corrected chi connectivity index (χ2v) is 10.8. The Hall–Kier alpha value is -4.62. The summed E-state index contributed by atoms with van der Waals surface area (Å²) in [5.41, 5.74) is 8.25. The lowest BCUT2D eigenvalue weighted by Crippen LogP contribution is -2.13. The lowest BCUT2D eigenvalue weighted by Gasteiger charge is -2.24. The second kappa shape index (κ2) is 8.99. The van der Waals surface area contributed by atoms with E-state index < -0.39 is 0 Å². The Labute approximate surface area is 229 Å². The third kappa shape index (κ3) is 3.61. The molecule has 0 aromatic heterocycles. The van der Waals surface area contributed by atoms with Crippen LogP contribution in [0.5, 0.6) is 0 Å². The number of benzene rings is 7. The van der Waals surface area contributed by atoms with E-state index in [-0.39, 0.29) is 0 Å². The molecule has 0 atom stereocenters. The van der Waals surface area contributed by atoms with Gasteiger partial charge in [0, 0.05) is 29.2 Å². The summed E-state index contributed by atoms with van der Waals surface area (Å²) in [7, 11) is 0. The smallest absolute Gasteiger partial charge is 0.0491 e. The SMILES string of the molecule is c1ccc(C(Cc2ccc3ccc4c(N5CCc6ccccc65)ccc5ccc2c3c54)c2ccccc2)cc1. The Morgan fingerprint density at radius 1 is 0.513 bits per heavy atom. The topological polar surface area (TPSA) is 3.24 Å². The minimum atomic E-state index is 0.308. The van der Waals surface area contributed by atoms with Crippen LogP contribution in [0.2, 0.25) is 0 Å². The molecule has 0 spiro atoms. The number of nitrogens with zero attached hydrogens (tertiary/aromatic N) is 1. The fraction of sp³-hybridized carbons (Fsp3) is 0.105. The molecule has 1 heterocycles. The summed E-state index contributed by atoms with van der Waals surface area (Å²) in [4.78, 5) is 2.52. The van der Waals surface area contributed by atoms with Crippen LogP contribution >= 0.6 is 0 Å². The predicted octanol–water partition coefficient (Wildman–Crippen LogP) is 9.65. The summed E-state index contributed by atoms with van der Waals surface area (Å²) in [6.45, 7) is 1.03. The van der Waals surface area contributed by atoms with Gasteiger partial charge in [0.15, 0.2) is 0 Å². The second-order valence-electron chi connectivity index (χ2n) is 10.8. The molecule has 0 bridgehead atoms.